The van der Waals surface area contributed by atoms with Gasteiger partial charge in [0, 0.05) is 25.8 Å². The number of benzene rings is 2. The van der Waals surface area contributed by atoms with Crippen LogP contribution in [0.25, 0.3) is 0 Å². The van der Waals surface area contributed by atoms with Gasteiger partial charge in [-0.3, -0.25) is 14.7 Å². The molecule has 0 spiro atoms. The SMILES string of the molecule is COC(=O)c1ccc(CNC(=O)c2cnc3c(c2)CN(Cc2ccc(C(F)(F)F)cc2)C3C(C)C)cc1. The third kappa shape index (κ3) is 5.99. The molecule has 1 aliphatic rings. The minimum atomic E-state index is -4.36. The zero-order valence-corrected chi connectivity index (χ0v) is 20.8. The third-order valence-electron chi connectivity index (χ3n) is 6.44. The molecule has 1 amide bonds. The summed E-state index contributed by atoms with van der Waals surface area (Å²) >= 11 is 0. The maximum atomic E-state index is 12.9. The number of alkyl halides is 3. The Morgan fingerprint density at radius 3 is 2.30 bits per heavy atom. The predicted octanol–water partition coefficient (Wildman–Crippen LogP) is 5.53. The molecule has 4 rings (SSSR count). The highest BCUT2D eigenvalue weighted by Gasteiger charge is 2.35. The van der Waals surface area contributed by atoms with E-state index in [1.54, 1.807) is 30.5 Å². The number of pyridine rings is 1. The smallest absolute Gasteiger partial charge is 0.416 e. The molecule has 0 bridgehead atoms. The number of carbonyl (C=O) groups excluding carboxylic acids is 2. The number of methoxy groups -OCH3 is 1. The van der Waals surface area contributed by atoms with Gasteiger partial charge in [-0.25, -0.2) is 4.79 Å². The van der Waals surface area contributed by atoms with E-state index in [9.17, 15) is 22.8 Å². The first-order valence-electron chi connectivity index (χ1n) is 11.9. The maximum absolute atomic E-state index is 12.9. The summed E-state index contributed by atoms with van der Waals surface area (Å²) in [4.78, 5) is 31.2. The minimum Gasteiger partial charge on any atom is -0.465 e. The fourth-order valence-electron chi connectivity index (χ4n) is 4.61. The second-order valence-corrected chi connectivity index (χ2v) is 9.43. The summed E-state index contributed by atoms with van der Waals surface area (Å²) in [5.74, 6) is -0.475. The number of hydrogen-bond donors (Lipinski definition) is 1. The van der Waals surface area contributed by atoms with Gasteiger partial charge < -0.3 is 10.1 Å². The van der Waals surface area contributed by atoms with Gasteiger partial charge in [-0.1, -0.05) is 38.1 Å². The zero-order chi connectivity index (χ0) is 26.7. The Hall–Kier alpha value is -3.72. The summed E-state index contributed by atoms with van der Waals surface area (Å²) in [6.45, 7) is 5.45. The van der Waals surface area contributed by atoms with E-state index >= 15 is 0 Å². The summed E-state index contributed by atoms with van der Waals surface area (Å²) in [7, 11) is 1.32. The van der Waals surface area contributed by atoms with E-state index in [4.69, 9.17) is 0 Å². The van der Waals surface area contributed by atoms with E-state index < -0.39 is 17.7 Å². The molecule has 2 heterocycles. The van der Waals surface area contributed by atoms with E-state index in [0.717, 1.165) is 34.5 Å². The first-order chi connectivity index (χ1) is 17.6. The molecule has 9 heteroatoms. The van der Waals surface area contributed by atoms with Crippen LogP contribution in [0.15, 0.2) is 60.8 Å². The number of nitrogens with zero attached hydrogens (tertiary/aromatic N) is 2. The molecule has 37 heavy (non-hydrogen) atoms. The molecular formula is C28H28F3N3O3. The Morgan fingerprint density at radius 2 is 1.70 bits per heavy atom. The highest BCUT2D eigenvalue weighted by molar-refractivity contribution is 5.94. The molecule has 6 nitrogen and oxygen atoms in total. The van der Waals surface area contributed by atoms with Crippen molar-refractivity contribution in [3.63, 3.8) is 0 Å². The quantitative estimate of drug-likeness (QED) is 0.423. The number of rotatable bonds is 7. The van der Waals surface area contributed by atoms with Crippen molar-refractivity contribution >= 4 is 11.9 Å². The van der Waals surface area contributed by atoms with Crippen LogP contribution in [0.4, 0.5) is 13.2 Å². The van der Waals surface area contributed by atoms with E-state index in [0.29, 0.717) is 24.2 Å². The summed E-state index contributed by atoms with van der Waals surface area (Å²) < 4.78 is 43.4. The second-order valence-electron chi connectivity index (χ2n) is 9.43. The van der Waals surface area contributed by atoms with Gasteiger partial charge >= 0.3 is 12.1 Å². The number of esters is 1. The van der Waals surface area contributed by atoms with Crippen molar-refractivity contribution in [2.45, 2.75) is 45.7 Å². The van der Waals surface area contributed by atoms with Crippen LogP contribution in [-0.2, 0) is 30.5 Å². The lowest BCUT2D eigenvalue weighted by Crippen LogP contribution is -2.25. The number of ether oxygens (including phenoxy) is 1. The maximum Gasteiger partial charge on any atom is 0.416 e. The van der Waals surface area contributed by atoms with Gasteiger partial charge in [0.25, 0.3) is 5.91 Å². The van der Waals surface area contributed by atoms with Gasteiger partial charge in [0.05, 0.1) is 35.5 Å². The van der Waals surface area contributed by atoms with Crippen molar-refractivity contribution < 1.29 is 27.5 Å². The first-order valence-corrected chi connectivity index (χ1v) is 11.9. The molecule has 1 aromatic heterocycles. The van der Waals surface area contributed by atoms with Gasteiger partial charge in [-0.05, 0) is 52.9 Å². The molecule has 1 atom stereocenters. The molecule has 0 fully saturated rings. The van der Waals surface area contributed by atoms with Gasteiger partial charge in [-0.15, -0.1) is 0 Å². The van der Waals surface area contributed by atoms with Crippen molar-refractivity contribution in [3.05, 3.63) is 99.9 Å². The highest BCUT2D eigenvalue weighted by atomic mass is 19.4. The van der Waals surface area contributed by atoms with Crippen LogP contribution in [-0.4, -0.2) is 28.9 Å². The molecule has 1 unspecified atom stereocenters. The number of nitrogens with one attached hydrogen (secondary N) is 1. The number of amides is 1. The molecular weight excluding hydrogens is 483 g/mol. The van der Waals surface area contributed by atoms with Crippen molar-refractivity contribution in [2.24, 2.45) is 5.92 Å². The van der Waals surface area contributed by atoms with E-state index in [1.165, 1.54) is 19.2 Å². The average Bonchev–Trinajstić information content (AvgIpc) is 3.24. The first kappa shape index (κ1) is 26.3. The summed E-state index contributed by atoms with van der Waals surface area (Å²) in [6, 6.07) is 13.8. The highest BCUT2D eigenvalue weighted by Crippen LogP contribution is 2.39. The van der Waals surface area contributed by atoms with Crippen LogP contribution < -0.4 is 5.32 Å². The lowest BCUT2D eigenvalue weighted by Gasteiger charge is -2.27. The number of hydrogen-bond acceptors (Lipinski definition) is 5. The number of carbonyl (C=O) groups is 2. The molecule has 3 aromatic rings. The van der Waals surface area contributed by atoms with Gasteiger partial charge in [-0.2, -0.15) is 13.2 Å². The standard InChI is InChI=1S/C28H28F3N3O3/c1-17(2)25-24-22(16-34(25)15-19-6-10-23(11-7-19)28(29,30)31)12-21(14-32-24)26(35)33-13-18-4-8-20(9-5-18)27(36)37-3/h4-12,14,17,25H,13,15-16H2,1-3H3,(H,33,35). The summed E-state index contributed by atoms with van der Waals surface area (Å²) in [6.07, 6.45) is -2.80. The number of halogens is 3. The van der Waals surface area contributed by atoms with Crippen LogP contribution >= 0.6 is 0 Å². The average molecular weight is 512 g/mol. The van der Waals surface area contributed by atoms with E-state index in [2.05, 4.69) is 33.8 Å². The largest absolute Gasteiger partial charge is 0.465 e. The summed E-state index contributed by atoms with van der Waals surface area (Å²) in [5.41, 5.74) is 3.63. The molecule has 0 radical (unpaired) electrons. The fourth-order valence-corrected chi connectivity index (χ4v) is 4.61. The van der Waals surface area contributed by atoms with Gasteiger partial charge in [0.15, 0.2) is 0 Å². The van der Waals surface area contributed by atoms with Crippen molar-refractivity contribution in [1.29, 1.82) is 0 Å². The normalized spacial score (nSPS) is 15.5. The zero-order valence-electron chi connectivity index (χ0n) is 20.8. The Balaban J connectivity index is 1.44. The minimum absolute atomic E-state index is 0.0114. The van der Waals surface area contributed by atoms with Crippen molar-refractivity contribution in [1.82, 2.24) is 15.2 Å². The van der Waals surface area contributed by atoms with Crippen LogP contribution in [0.1, 0.15) is 68.6 Å². The molecule has 0 saturated carbocycles. The molecule has 0 saturated heterocycles. The predicted molar refractivity (Wildman–Crippen MR) is 131 cm³/mol. The topological polar surface area (TPSA) is 71.5 Å². The van der Waals surface area contributed by atoms with Crippen LogP contribution in [0.2, 0.25) is 0 Å². The molecule has 1 aliphatic heterocycles. The van der Waals surface area contributed by atoms with E-state index in [1.807, 2.05) is 6.07 Å². The molecule has 194 valence electrons. The number of fused-ring (bicyclic) bond motifs is 1. The lowest BCUT2D eigenvalue weighted by molar-refractivity contribution is -0.137. The fraction of sp³-hybridized carbons (Fsp3) is 0.321. The Labute approximate surface area is 213 Å². The lowest BCUT2D eigenvalue weighted by atomic mass is 9.99. The second kappa shape index (κ2) is 10.7. The molecule has 1 N–H and O–H groups in total. The van der Waals surface area contributed by atoms with Gasteiger partial charge in [0.1, 0.15) is 0 Å². The van der Waals surface area contributed by atoms with Crippen molar-refractivity contribution in [3.8, 4) is 0 Å². The van der Waals surface area contributed by atoms with Crippen LogP contribution in [0, 0.1) is 5.92 Å². The Kier molecular flexibility index (Phi) is 7.63. The van der Waals surface area contributed by atoms with Crippen LogP contribution in [0.3, 0.4) is 0 Å². The summed E-state index contributed by atoms with van der Waals surface area (Å²) in [5, 5.41) is 2.87. The van der Waals surface area contributed by atoms with Crippen LogP contribution in [0.5, 0.6) is 0 Å². The number of aromatic nitrogens is 1. The Morgan fingerprint density at radius 1 is 1.05 bits per heavy atom. The van der Waals surface area contributed by atoms with Crippen molar-refractivity contribution in [2.75, 3.05) is 7.11 Å². The van der Waals surface area contributed by atoms with Gasteiger partial charge in [0.2, 0.25) is 0 Å². The van der Waals surface area contributed by atoms with E-state index in [-0.39, 0.29) is 24.4 Å². The molecule has 2 aromatic carbocycles. The molecule has 0 aliphatic carbocycles. The third-order valence-corrected chi connectivity index (χ3v) is 6.44. The Bertz CT molecular complexity index is 1270. The monoisotopic (exact) mass is 511 g/mol.